The third-order valence-corrected chi connectivity index (χ3v) is 2.22. The number of hydrogen-bond donors (Lipinski definition) is 2. The number of nitrogens with two attached hydrogens (primary N) is 1. The van der Waals surface area contributed by atoms with Gasteiger partial charge in [0, 0.05) is 18.2 Å². The Balaban J connectivity index is 2.61. The van der Waals surface area contributed by atoms with Crippen LogP contribution in [0.25, 0.3) is 0 Å². The molecule has 16 heavy (non-hydrogen) atoms. The summed E-state index contributed by atoms with van der Waals surface area (Å²) in [6.07, 6.45) is 0. The molecule has 1 heterocycles. The zero-order valence-electron chi connectivity index (χ0n) is 8.23. The Bertz CT molecular complexity index is 472. The molecule has 0 radical (unpaired) electrons. The Kier molecular flexibility index (Phi) is 2.35. The van der Waals surface area contributed by atoms with Crippen LogP contribution < -0.4 is 15.8 Å². The van der Waals surface area contributed by atoms with Crippen molar-refractivity contribution in [1.82, 2.24) is 0 Å². The summed E-state index contributed by atoms with van der Waals surface area (Å²) in [6.45, 7) is 0.885. The number of nitro groups is 1. The third-order valence-electron chi connectivity index (χ3n) is 2.22. The average molecular weight is 223 g/mol. The van der Waals surface area contributed by atoms with E-state index in [0.29, 0.717) is 18.8 Å². The molecule has 3 N–H and O–H groups in total. The average Bonchev–Trinajstić information content (AvgIpc) is 2.27. The molecule has 2 rings (SSSR count). The summed E-state index contributed by atoms with van der Waals surface area (Å²) < 4.78 is 5.23. The number of benzene rings is 1. The van der Waals surface area contributed by atoms with Crippen molar-refractivity contribution in [3.05, 3.63) is 27.8 Å². The quantitative estimate of drug-likeness (QED) is 0.560. The van der Waals surface area contributed by atoms with Crippen LogP contribution in [-0.4, -0.2) is 24.0 Å². The van der Waals surface area contributed by atoms with Crippen LogP contribution in [0.15, 0.2) is 12.1 Å². The first-order chi connectivity index (χ1) is 7.59. The highest BCUT2D eigenvalue weighted by Gasteiger charge is 2.24. The molecule has 0 fully saturated rings. The second-order valence-corrected chi connectivity index (χ2v) is 3.27. The van der Waals surface area contributed by atoms with Crippen LogP contribution in [0, 0.1) is 10.1 Å². The highest BCUT2D eigenvalue weighted by molar-refractivity contribution is 5.95. The van der Waals surface area contributed by atoms with Crippen LogP contribution in [-0.2, 0) is 0 Å². The molecule has 84 valence electrons. The maximum atomic E-state index is 11.0. The fourth-order valence-electron chi connectivity index (χ4n) is 1.52. The number of fused-ring (bicyclic) bond motifs is 1. The Hall–Kier alpha value is -2.31. The molecule has 1 aromatic carbocycles. The lowest BCUT2D eigenvalue weighted by atomic mass is 10.1. The van der Waals surface area contributed by atoms with Crippen LogP contribution in [0.1, 0.15) is 10.4 Å². The van der Waals surface area contributed by atoms with Gasteiger partial charge in [0.15, 0.2) is 5.69 Å². The van der Waals surface area contributed by atoms with Crippen molar-refractivity contribution in [2.45, 2.75) is 0 Å². The van der Waals surface area contributed by atoms with Gasteiger partial charge in [0.25, 0.3) is 5.69 Å². The molecule has 0 unspecified atom stereocenters. The number of nitrogens with zero attached hydrogens (tertiary/aromatic N) is 1. The molecule has 0 atom stereocenters. The van der Waals surface area contributed by atoms with Crippen molar-refractivity contribution in [1.29, 1.82) is 0 Å². The minimum absolute atomic E-state index is 0.0640. The molecule has 0 saturated carbocycles. The van der Waals surface area contributed by atoms with Crippen LogP contribution in [0.4, 0.5) is 11.4 Å². The van der Waals surface area contributed by atoms with Gasteiger partial charge in [-0.05, 0) is 6.07 Å². The number of anilines is 1. The molecule has 0 aliphatic carbocycles. The lowest BCUT2D eigenvalue weighted by Gasteiger charge is -2.19. The minimum atomic E-state index is -0.722. The summed E-state index contributed by atoms with van der Waals surface area (Å²) in [4.78, 5) is 21.2. The first-order valence-electron chi connectivity index (χ1n) is 4.58. The van der Waals surface area contributed by atoms with Gasteiger partial charge in [-0.15, -0.1) is 0 Å². The van der Waals surface area contributed by atoms with Crippen molar-refractivity contribution in [3.8, 4) is 5.75 Å². The molecule has 1 amide bonds. The number of rotatable bonds is 2. The second kappa shape index (κ2) is 3.69. The molecule has 0 bridgehead atoms. The fraction of sp³-hybridized carbons (Fsp3) is 0.222. The van der Waals surface area contributed by atoms with Gasteiger partial charge in [0.1, 0.15) is 12.4 Å². The van der Waals surface area contributed by atoms with E-state index in [9.17, 15) is 14.9 Å². The molecule has 7 nitrogen and oxygen atoms in total. The van der Waals surface area contributed by atoms with Gasteiger partial charge >= 0.3 is 0 Å². The van der Waals surface area contributed by atoms with Gasteiger partial charge in [-0.2, -0.15) is 0 Å². The lowest BCUT2D eigenvalue weighted by molar-refractivity contribution is -0.384. The van der Waals surface area contributed by atoms with Crippen LogP contribution in [0.3, 0.4) is 0 Å². The van der Waals surface area contributed by atoms with E-state index in [0.717, 1.165) is 6.07 Å². The summed E-state index contributed by atoms with van der Waals surface area (Å²) in [5.41, 5.74) is 5.23. The lowest BCUT2D eigenvalue weighted by Crippen LogP contribution is -2.20. The number of carbonyl (C=O) groups is 1. The fourth-order valence-corrected chi connectivity index (χ4v) is 1.52. The summed E-state index contributed by atoms with van der Waals surface area (Å²) in [6, 6.07) is 2.54. The van der Waals surface area contributed by atoms with Gasteiger partial charge in [0.2, 0.25) is 5.91 Å². The highest BCUT2D eigenvalue weighted by Crippen LogP contribution is 2.37. The van der Waals surface area contributed by atoms with E-state index in [1.165, 1.54) is 6.07 Å². The Morgan fingerprint density at radius 2 is 2.31 bits per heavy atom. The predicted octanol–water partition coefficient (Wildman–Crippen LogP) is 0.498. The molecular formula is C9H9N3O4. The minimum Gasteiger partial charge on any atom is -0.489 e. The summed E-state index contributed by atoms with van der Waals surface area (Å²) in [5, 5.41) is 13.7. The van der Waals surface area contributed by atoms with Gasteiger partial charge in [-0.1, -0.05) is 0 Å². The van der Waals surface area contributed by atoms with Crippen molar-refractivity contribution < 1.29 is 14.5 Å². The standard InChI is InChI=1S/C9H9N3O4/c10-9(13)5-3-6(12(14)15)8-7(4-5)16-2-1-11-8/h3-4,11H,1-2H2,(H2,10,13). The van der Waals surface area contributed by atoms with E-state index in [1.54, 1.807) is 0 Å². The number of hydrogen-bond acceptors (Lipinski definition) is 5. The number of ether oxygens (including phenoxy) is 1. The van der Waals surface area contributed by atoms with Crippen molar-refractivity contribution in [2.75, 3.05) is 18.5 Å². The smallest absolute Gasteiger partial charge is 0.296 e. The van der Waals surface area contributed by atoms with E-state index in [4.69, 9.17) is 10.5 Å². The Morgan fingerprint density at radius 3 is 2.94 bits per heavy atom. The van der Waals surface area contributed by atoms with Gasteiger partial charge in [-0.25, -0.2) is 0 Å². The van der Waals surface area contributed by atoms with Crippen molar-refractivity contribution in [3.63, 3.8) is 0 Å². The zero-order chi connectivity index (χ0) is 11.7. The van der Waals surface area contributed by atoms with E-state index in [-0.39, 0.29) is 17.0 Å². The van der Waals surface area contributed by atoms with Crippen molar-refractivity contribution >= 4 is 17.3 Å². The van der Waals surface area contributed by atoms with E-state index >= 15 is 0 Å². The molecule has 1 aliphatic rings. The first kappa shape index (κ1) is 10.2. The monoisotopic (exact) mass is 223 g/mol. The summed E-state index contributed by atoms with van der Waals surface area (Å²) in [5.74, 6) is -0.436. The molecule has 0 aromatic heterocycles. The van der Waals surface area contributed by atoms with E-state index < -0.39 is 10.8 Å². The van der Waals surface area contributed by atoms with E-state index in [1.807, 2.05) is 0 Å². The molecule has 7 heteroatoms. The predicted molar refractivity (Wildman–Crippen MR) is 55.6 cm³/mol. The van der Waals surface area contributed by atoms with E-state index in [2.05, 4.69) is 5.32 Å². The summed E-state index contributed by atoms with van der Waals surface area (Å²) >= 11 is 0. The maximum Gasteiger partial charge on any atom is 0.296 e. The number of primary amides is 1. The molecule has 1 aromatic rings. The number of nitro benzene ring substituents is 1. The van der Waals surface area contributed by atoms with Crippen LogP contribution in [0.5, 0.6) is 5.75 Å². The zero-order valence-corrected chi connectivity index (χ0v) is 8.23. The Morgan fingerprint density at radius 1 is 1.56 bits per heavy atom. The third kappa shape index (κ3) is 1.62. The van der Waals surface area contributed by atoms with Crippen LogP contribution >= 0.6 is 0 Å². The van der Waals surface area contributed by atoms with Crippen LogP contribution in [0.2, 0.25) is 0 Å². The molecule has 0 spiro atoms. The summed E-state index contributed by atoms with van der Waals surface area (Å²) in [7, 11) is 0. The number of carbonyl (C=O) groups excluding carboxylic acids is 1. The molecule has 0 saturated heterocycles. The van der Waals surface area contributed by atoms with Gasteiger partial charge in [0.05, 0.1) is 4.92 Å². The van der Waals surface area contributed by atoms with Gasteiger partial charge in [-0.3, -0.25) is 14.9 Å². The topological polar surface area (TPSA) is 107 Å². The maximum absolute atomic E-state index is 11.0. The van der Waals surface area contributed by atoms with Crippen molar-refractivity contribution in [2.24, 2.45) is 5.73 Å². The first-order valence-corrected chi connectivity index (χ1v) is 4.58. The van der Waals surface area contributed by atoms with Gasteiger partial charge < -0.3 is 15.8 Å². The normalized spacial score (nSPS) is 13.2. The SMILES string of the molecule is NC(=O)c1cc2c(c([N+](=O)[O-])c1)NCCO2. The molecule has 1 aliphatic heterocycles. The second-order valence-electron chi connectivity index (χ2n) is 3.27. The number of nitrogens with one attached hydrogen (secondary N) is 1. The molecular weight excluding hydrogens is 214 g/mol. The Labute approximate surface area is 90.3 Å². The largest absolute Gasteiger partial charge is 0.489 e. The highest BCUT2D eigenvalue weighted by atomic mass is 16.6. The number of amides is 1.